The molecule has 1 aromatic carbocycles. The summed E-state index contributed by atoms with van der Waals surface area (Å²) in [4.78, 5) is 4.53. The third-order valence-electron chi connectivity index (χ3n) is 3.31. The van der Waals surface area contributed by atoms with Crippen LogP contribution in [-0.4, -0.2) is 15.9 Å². The maximum absolute atomic E-state index is 4.53. The summed E-state index contributed by atoms with van der Waals surface area (Å²) < 4.78 is 4.40. The van der Waals surface area contributed by atoms with Gasteiger partial charge in [0, 0.05) is 24.0 Å². The van der Waals surface area contributed by atoms with Gasteiger partial charge in [-0.15, -0.1) is 0 Å². The summed E-state index contributed by atoms with van der Waals surface area (Å²) in [6.07, 6.45) is 2.52. The monoisotopic (exact) mass is 259 g/mol. The van der Waals surface area contributed by atoms with E-state index >= 15 is 0 Å². The van der Waals surface area contributed by atoms with Crippen molar-refractivity contribution in [3.8, 4) is 0 Å². The van der Waals surface area contributed by atoms with Crippen molar-refractivity contribution in [1.82, 2.24) is 9.36 Å². The number of benzene rings is 1. The number of nitrogens with one attached hydrogen (secondary N) is 1. The van der Waals surface area contributed by atoms with Crippen molar-refractivity contribution in [1.29, 1.82) is 0 Å². The summed E-state index contributed by atoms with van der Waals surface area (Å²) in [6, 6.07) is 10.6. The van der Waals surface area contributed by atoms with Crippen molar-refractivity contribution < 1.29 is 0 Å². The Balaban J connectivity index is 1.56. The molecule has 0 aliphatic heterocycles. The number of hydrogen-bond donors (Lipinski definition) is 1. The molecule has 3 rings (SSSR count). The molecule has 1 aromatic heterocycles. The molecule has 0 amide bonds. The molecule has 0 saturated heterocycles. The molecule has 1 aliphatic rings. The zero-order valence-corrected chi connectivity index (χ0v) is 11.3. The summed E-state index contributed by atoms with van der Waals surface area (Å²) in [5.74, 6) is 2.16. The van der Waals surface area contributed by atoms with Crippen LogP contribution in [0.1, 0.15) is 43.0 Å². The van der Waals surface area contributed by atoms with E-state index in [1.807, 2.05) is 0 Å². The van der Waals surface area contributed by atoms with Crippen LogP contribution in [0.15, 0.2) is 30.3 Å². The first-order chi connectivity index (χ1) is 8.83. The van der Waals surface area contributed by atoms with Gasteiger partial charge in [0.25, 0.3) is 0 Å². The zero-order valence-electron chi connectivity index (χ0n) is 10.5. The van der Waals surface area contributed by atoms with Gasteiger partial charge < -0.3 is 5.32 Å². The first kappa shape index (κ1) is 11.7. The summed E-state index contributed by atoms with van der Waals surface area (Å²) in [5.41, 5.74) is 1.36. The highest BCUT2D eigenvalue weighted by Gasteiger charge is 2.27. The Bertz CT molecular complexity index is 505. The molecule has 1 N–H and O–H groups in total. The smallest absolute Gasteiger partial charge is 0.202 e. The normalized spacial score (nSPS) is 16.5. The Hall–Kier alpha value is -1.42. The van der Waals surface area contributed by atoms with Crippen LogP contribution >= 0.6 is 11.5 Å². The molecule has 4 heteroatoms. The summed E-state index contributed by atoms with van der Waals surface area (Å²) in [6.45, 7) is 3.13. The fraction of sp³-hybridized carbons (Fsp3) is 0.429. The fourth-order valence-electron chi connectivity index (χ4n) is 1.95. The topological polar surface area (TPSA) is 37.8 Å². The fourth-order valence-corrected chi connectivity index (χ4v) is 2.61. The number of aromatic nitrogens is 2. The van der Waals surface area contributed by atoms with Gasteiger partial charge in [0.2, 0.25) is 5.13 Å². The predicted octanol–water partition coefficient (Wildman–Crippen LogP) is 3.63. The highest BCUT2D eigenvalue weighted by molar-refractivity contribution is 7.09. The standard InChI is InChI=1S/C14H17N3S/c1-10(11-5-3-2-4-6-11)9-15-14-16-13(17-18-14)12-7-8-12/h2-6,10,12H,7-9H2,1H3,(H,15,16,17). The third kappa shape index (κ3) is 2.70. The van der Waals surface area contributed by atoms with Gasteiger partial charge in [0.05, 0.1) is 0 Å². The summed E-state index contributed by atoms with van der Waals surface area (Å²) >= 11 is 1.48. The Morgan fingerprint density at radius 2 is 2.11 bits per heavy atom. The molecule has 18 heavy (non-hydrogen) atoms. The number of nitrogens with zero attached hydrogens (tertiary/aromatic N) is 2. The van der Waals surface area contributed by atoms with Gasteiger partial charge in [-0.05, 0) is 24.3 Å². The molecule has 0 bridgehead atoms. The van der Waals surface area contributed by atoms with Crippen molar-refractivity contribution in [3.63, 3.8) is 0 Å². The quantitative estimate of drug-likeness (QED) is 0.891. The minimum absolute atomic E-state index is 0.486. The molecule has 1 saturated carbocycles. The van der Waals surface area contributed by atoms with E-state index in [0.29, 0.717) is 11.8 Å². The van der Waals surface area contributed by atoms with E-state index in [1.165, 1.54) is 29.9 Å². The lowest BCUT2D eigenvalue weighted by Crippen LogP contribution is -2.09. The Kier molecular flexibility index (Phi) is 3.28. The second-order valence-corrected chi connectivity index (χ2v) is 5.68. The van der Waals surface area contributed by atoms with Crippen LogP contribution in [0.25, 0.3) is 0 Å². The maximum atomic E-state index is 4.53. The molecule has 0 spiro atoms. The largest absolute Gasteiger partial charge is 0.360 e. The number of rotatable bonds is 5. The van der Waals surface area contributed by atoms with E-state index in [4.69, 9.17) is 0 Å². The van der Waals surface area contributed by atoms with Crippen molar-refractivity contribution in [2.45, 2.75) is 31.6 Å². The summed E-state index contributed by atoms with van der Waals surface area (Å²) in [7, 11) is 0. The SMILES string of the molecule is CC(CNc1nc(C2CC2)ns1)c1ccccc1. The number of anilines is 1. The minimum Gasteiger partial charge on any atom is -0.360 e. The van der Waals surface area contributed by atoms with Gasteiger partial charge in [-0.2, -0.15) is 4.37 Å². The molecule has 0 radical (unpaired) electrons. The van der Waals surface area contributed by atoms with Gasteiger partial charge in [0.15, 0.2) is 0 Å². The lowest BCUT2D eigenvalue weighted by molar-refractivity contribution is 0.803. The van der Waals surface area contributed by atoms with E-state index < -0.39 is 0 Å². The van der Waals surface area contributed by atoms with Crippen LogP contribution in [0, 0.1) is 0 Å². The van der Waals surface area contributed by atoms with Crippen LogP contribution in [0.5, 0.6) is 0 Å². The number of hydrogen-bond acceptors (Lipinski definition) is 4. The van der Waals surface area contributed by atoms with Crippen LogP contribution in [0.3, 0.4) is 0 Å². The maximum Gasteiger partial charge on any atom is 0.202 e. The molecule has 94 valence electrons. The molecule has 1 heterocycles. The second kappa shape index (κ2) is 5.06. The van der Waals surface area contributed by atoms with E-state index in [-0.39, 0.29) is 0 Å². The summed E-state index contributed by atoms with van der Waals surface area (Å²) in [5, 5.41) is 4.35. The molecule has 3 nitrogen and oxygen atoms in total. The highest BCUT2D eigenvalue weighted by Crippen LogP contribution is 2.39. The Labute approximate surface area is 111 Å². The van der Waals surface area contributed by atoms with E-state index in [1.54, 1.807) is 0 Å². The molecule has 1 fully saturated rings. The van der Waals surface area contributed by atoms with Crippen LogP contribution in [0.4, 0.5) is 5.13 Å². The van der Waals surface area contributed by atoms with Crippen molar-refractivity contribution >= 4 is 16.7 Å². The second-order valence-electron chi connectivity index (χ2n) is 4.92. The van der Waals surface area contributed by atoms with Crippen LogP contribution < -0.4 is 5.32 Å². The first-order valence-electron chi connectivity index (χ1n) is 6.45. The van der Waals surface area contributed by atoms with Crippen LogP contribution in [0.2, 0.25) is 0 Å². The lowest BCUT2D eigenvalue weighted by Gasteiger charge is -2.11. The molecular weight excluding hydrogens is 242 g/mol. The minimum atomic E-state index is 0.486. The van der Waals surface area contributed by atoms with Gasteiger partial charge in [0.1, 0.15) is 5.82 Å². The lowest BCUT2D eigenvalue weighted by atomic mass is 10.0. The molecular formula is C14H17N3S. The Morgan fingerprint density at radius 3 is 2.83 bits per heavy atom. The molecule has 1 unspecified atom stereocenters. The van der Waals surface area contributed by atoms with Crippen molar-refractivity contribution in [2.75, 3.05) is 11.9 Å². The van der Waals surface area contributed by atoms with E-state index in [2.05, 4.69) is 51.9 Å². The average Bonchev–Trinajstić information content (AvgIpc) is 3.16. The third-order valence-corrected chi connectivity index (χ3v) is 4.00. The van der Waals surface area contributed by atoms with Gasteiger partial charge in [-0.3, -0.25) is 0 Å². The average molecular weight is 259 g/mol. The van der Waals surface area contributed by atoms with Crippen molar-refractivity contribution in [2.24, 2.45) is 0 Å². The highest BCUT2D eigenvalue weighted by atomic mass is 32.1. The van der Waals surface area contributed by atoms with E-state index in [0.717, 1.165) is 17.5 Å². The first-order valence-corrected chi connectivity index (χ1v) is 7.22. The van der Waals surface area contributed by atoms with Gasteiger partial charge in [-0.25, -0.2) is 4.98 Å². The molecule has 1 atom stereocenters. The zero-order chi connectivity index (χ0) is 12.4. The van der Waals surface area contributed by atoms with Crippen molar-refractivity contribution in [3.05, 3.63) is 41.7 Å². The molecule has 2 aromatic rings. The van der Waals surface area contributed by atoms with Crippen LogP contribution in [-0.2, 0) is 0 Å². The van der Waals surface area contributed by atoms with Gasteiger partial charge in [-0.1, -0.05) is 37.3 Å². The Morgan fingerprint density at radius 1 is 1.33 bits per heavy atom. The van der Waals surface area contributed by atoms with E-state index in [9.17, 15) is 0 Å². The van der Waals surface area contributed by atoms with Gasteiger partial charge >= 0.3 is 0 Å². The molecule has 1 aliphatic carbocycles. The predicted molar refractivity (Wildman–Crippen MR) is 75.2 cm³/mol.